The number of imide groups is 1. The number of urea groups is 1. The lowest BCUT2D eigenvalue weighted by Crippen LogP contribution is -2.49. The van der Waals surface area contributed by atoms with Crippen LogP contribution in [-0.2, 0) is 11.2 Å². The highest BCUT2D eigenvalue weighted by atomic mass is 79.9. The van der Waals surface area contributed by atoms with E-state index in [1.807, 2.05) is 24.3 Å². The minimum Gasteiger partial charge on any atom is -0.330 e. The molecule has 2 aromatic rings. The van der Waals surface area contributed by atoms with Crippen molar-refractivity contribution in [3.05, 3.63) is 62.5 Å². The Morgan fingerprint density at radius 1 is 1.07 bits per heavy atom. The summed E-state index contributed by atoms with van der Waals surface area (Å²) in [6, 6.07) is 12.0. The van der Waals surface area contributed by atoms with Gasteiger partial charge in [-0.1, -0.05) is 51.3 Å². The fourth-order valence-corrected chi connectivity index (χ4v) is 4.21. The van der Waals surface area contributed by atoms with Gasteiger partial charge in [0.2, 0.25) is 0 Å². The van der Waals surface area contributed by atoms with Crippen molar-refractivity contribution in [3.8, 4) is 0 Å². The van der Waals surface area contributed by atoms with Gasteiger partial charge in [-0.3, -0.25) is 4.79 Å². The van der Waals surface area contributed by atoms with Crippen molar-refractivity contribution in [2.75, 3.05) is 18.0 Å². The van der Waals surface area contributed by atoms with Gasteiger partial charge in [-0.2, -0.15) is 0 Å². The van der Waals surface area contributed by atoms with Gasteiger partial charge in [0.15, 0.2) is 0 Å². The van der Waals surface area contributed by atoms with Crippen LogP contribution in [0.2, 0.25) is 10.0 Å². The minimum absolute atomic E-state index is 0.309. The lowest BCUT2D eigenvalue weighted by Gasteiger charge is -2.31. The highest BCUT2D eigenvalue weighted by Gasteiger charge is 2.54. The third kappa shape index (κ3) is 4.06. The standard InChI is InChI=1S/C20H20BrCl2N3O2/c1-20(12-13-3-5-14(21)6-4-13)18(27)26(19(28)25(20)8-2-7-24)17-10-15(22)9-16(23)11-17/h3-6,9-11H,2,7-8,12,24H2,1H3. The number of amides is 3. The number of hydrogen-bond acceptors (Lipinski definition) is 3. The van der Waals surface area contributed by atoms with Crippen LogP contribution in [-0.4, -0.2) is 35.5 Å². The van der Waals surface area contributed by atoms with E-state index >= 15 is 0 Å². The maximum atomic E-state index is 13.4. The van der Waals surface area contributed by atoms with Gasteiger partial charge < -0.3 is 10.6 Å². The van der Waals surface area contributed by atoms with Crippen LogP contribution in [0.1, 0.15) is 18.9 Å². The predicted molar refractivity (Wildman–Crippen MR) is 116 cm³/mol. The zero-order chi connectivity index (χ0) is 20.5. The van der Waals surface area contributed by atoms with E-state index in [0.717, 1.165) is 14.9 Å². The number of benzene rings is 2. The first-order valence-corrected chi connectivity index (χ1v) is 10.4. The molecule has 1 aliphatic heterocycles. The van der Waals surface area contributed by atoms with Crippen molar-refractivity contribution < 1.29 is 9.59 Å². The smallest absolute Gasteiger partial charge is 0.330 e. The number of carbonyl (C=O) groups is 2. The van der Waals surface area contributed by atoms with Crippen molar-refractivity contribution in [2.24, 2.45) is 5.73 Å². The largest absolute Gasteiger partial charge is 0.332 e. The molecule has 1 fully saturated rings. The van der Waals surface area contributed by atoms with E-state index in [1.165, 1.54) is 0 Å². The van der Waals surface area contributed by atoms with Gasteiger partial charge in [-0.15, -0.1) is 0 Å². The maximum Gasteiger partial charge on any atom is 0.332 e. The van der Waals surface area contributed by atoms with Crippen LogP contribution < -0.4 is 10.6 Å². The average molecular weight is 485 g/mol. The number of rotatable bonds is 6. The Balaban J connectivity index is 2.02. The summed E-state index contributed by atoms with van der Waals surface area (Å²) in [6.45, 7) is 2.60. The van der Waals surface area contributed by atoms with Crippen molar-refractivity contribution in [2.45, 2.75) is 25.3 Å². The molecule has 2 aromatic carbocycles. The molecule has 5 nitrogen and oxygen atoms in total. The van der Waals surface area contributed by atoms with E-state index < -0.39 is 11.6 Å². The molecule has 1 aliphatic rings. The normalized spacial score (nSPS) is 19.6. The second kappa shape index (κ2) is 8.41. The molecule has 2 N–H and O–H groups in total. The van der Waals surface area contributed by atoms with Crippen LogP contribution >= 0.6 is 39.1 Å². The fraction of sp³-hybridized carbons (Fsp3) is 0.300. The molecule has 1 saturated heterocycles. The van der Waals surface area contributed by atoms with Gasteiger partial charge in [0.25, 0.3) is 5.91 Å². The van der Waals surface area contributed by atoms with Crippen molar-refractivity contribution >= 4 is 56.8 Å². The number of hydrogen-bond donors (Lipinski definition) is 1. The molecule has 0 saturated carbocycles. The number of halogens is 3. The molecular weight excluding hydrogens is 465 g/mol. The monoisotopic (exact) mass is 483 g/mol. The summed E-state index contributed by atoms with van der Waals surface area (Å²) in [6.07, 6.45) is 0.985. The second-order valence-corrected chi connectivity index (χ2v) is 8.71. The summed E-state index contributed by atoms with van der Waals surface area (Å²) in [7, 11) is 0. The van der Waals surface area contributed by atoms with E-state index in [4.69, 9.17) is 28.9 Å². The summed E-state index contributed by atoms with van der Waals surface area (Å²) >= 11 is 15.6. The Morgan fingerprint density at radius 3 is 2.25 bits per heavy atom. The molecule has 3 rings (SSSR count). The molecule has 1 atom stereocenters. The van der Waals surface area contributed by atoms with Crippen LogP contribution in [0.15, 0.2) is 46.9 Å². The quantitative estimate of drug-likeness (QED) is 0.594. The van der Waals surface area contributed by atoms with Gasteiger partial charge in [-0.25, -0.2) is 9.69 Å². The predicted octanol–water partition coefficient (Wildman–Crippen LogP) is 4.87. The molecule has 1 heterocycles. The van der Waals surface area contributed by atoms with Gasteiger partial charge >= 0.3 is 6.03 Å². The minimum atomic E-state index is -1.03. The fourth-order valence-electron chi connectivity index (χ4n) is 3.43. The first kappa shape index (κ1) is 21.1. The van der Waals surface area contributed by atoms with E-state index in [-0.39, 0.29) is 5.91 Å². The Hall–Kier alpha value is -1.60. The summed E-state index contributed by atoms with van der Waals surface area (Å²) < 4.78 is 0.949. The van der Waals surface area contributed by atoms with Crippen molar-refractivity contribution in [1.82, 2.24) is 4.90 Å². The summed E-state index contributed by atoms with van der Waals surface area (Å²) in [5, 5.41) is 0.719. The van der Waals surface area contributed by atoms with Crippen molar-refractivity contribution in [3.63, 3.8) is 0 Å². The third-order valence-corrected chi connectivity index (χ3v) is 5.80. The average Bonchev–Trinajstić information content (AvgIpc) is 2.80. The number of nitrogens with zero attached hydrogens (tertiary/aromatic N) is 2. The topological polar surface area (TPSA) is 66.6 Å². The van der Waals surface area contributed by atoms with Gasteiger partial charge in [0.05, 0.1) is 5.69 Å². The number of carbonyl (C=O) groups excluding carboxylic acids is 2. The molecule has 0 aliphatic carbocycles. The molecule has 0 spiro atoms. The molecule has 0 radical (unpaired) electrons. The van der Waals surface area contributed by atoms with Crippen LogP contribution in [0.5, 0.6) is 0 Å². The Bertz CT molecular complexity index is 887. The van der Waals surface area contributed by atoms with Crippen LogP contribution in [0.25, 0.3) is 0 Å². The molecule has 28 heavy (non-hydrogen) atoms. The third-order valence-electron chi connectivity index (χ3n) is 4.83. The van der Waals surface area contributed by atoms with Crippen LogP contribution in [0.4, 0.5) is 10.5 Å². The Kier molecular flexibility index (Phi) is 6.34. The summed E-state index contributed by atoms with van der Waals surface area (Å²) in [5.41, 5.74) is 5.94. The molecule has 0 aromatic heterocycles. The van der Waals surface area contributed by atoms with Gasteiger partial charge in [0.1, 0.15) is 5.54 Å². The zero-order valence-corrected chi connectivity index (χ0v) is 18.4. The van der Waals surface area contributed by atoms with Gasteiger partial charge in [-0.05, 0) is 55.8 Å². The lowest BCUT2D eigenvalue weighted by atomic mass is 9.91. The highest BCUT2D eigenvalue weighted by molar-refractivity contribution is 9.10. The van der Waals surface area contributed by atoms with Crippen LogP contribution in [0.3, 0.4) is 0 Å². The van der Waals surface area contributed by atoms with E-state index in [9.17, 15) is 9.59 Å². The molecule has 8 heteroatoms. The zero-order valence-electron chi connectivity index (χ0n) is 15.3. The number of anilines is 1. The van der Waals surface area contributed by atoms with Crippen LogP contribution in [0, 0.1) is 0 Å². The summed E-state index contributed by atoms with van der Waals surface area (Å²) in [5.74, 6) is -0.309. The molecule has 148 valence electrons. The first-order valence-electron chi connectivity index (χ1n) is 8.83. The Labute approximate surface area is 182 Å². The Morgan fingerprint density at radius 2 is 1.68 bits per heavy atom. The molecule has 1 unspecified atom stereocenters. The highest BCUT2D eigenvalue weighted by Crippen LogP contribution is 2.37. The van der Waals surface area contributed by atoms with E-state index in [2.05, 4.69) is 15.9 Å². The number of nitrogens with two attached hydrogens (primary N) is 1. The van der Waals surface area contributed by atoms with Crippen molar-refractivity contribution in [1.29, 1.82) is 0 Å². The van der Waals surface area contributed by atoms with E-state index in [1.54, 1.807) is 30.0 Å². The van der Waals surface area contributed by atoms with Gasteiger partial charge in [0, 0.05) is 27.5 Å². The first-order chi connectivity index (χ1) is 13.3. The summed E-state index contributed by atoms with van der Waals surface area (Å²) in [4.78, 5) is 29.4. The molecule has 3 amide bonds. The lowest BCUT2D eigenvalue weighted by molar-refractivity contribution is -0.124. The maximum absolute atomic E-state index is 13.4. The molecular formula is C20H20BrCl2N3O2. The molecule has 0 bridgehead atoms. The SMILES string of the molecule is CC1(Cc2ccc(Br)cc2)C(=O)N(c2cc(Cl)cc(Cl)c2)C(=O)N1CCCN. The second-order valence-electron chi connectivity index (χ2n) is 6.92. The van der Waals surface area contributed by atoms with E-state index in [0.29, 0.717) is 41.7 Å².